The predicted octanol–water partition coefficient (Wildman–Crippen LogP) is 5.03. The van der Waals surface area contributed by atoms with Crippen LogP contribution in [0.2, 0.25) is 5.02 Å². The fraction of sp³-hybridized carbons (Fsp3) is 0.393. The molecule has 1 saturated heterocycles. The molecule has 2 atom stereocenters. The Kier molecular flexibility index (Phi) is 7.44. The first-order valence-corrected chi connectivity index (χ1v) is 13.8. The number of rotatable bonds is 6. The quantitative estimate of drug-likeness (QED) is 0.333. The molecule has 0 radical (unpaired) electrons. The number of halogens is 2. The number of nitrogens with zero attached hydrogens (tertiary/aromatic N) is 4. The van der Waals surface area contributed by atoms with Gasteiger partial charge in [-0.25, -0.2) is 9.18 Å². The van der Waals surface area contributed by atoms with Crippen molar-refractivity contribution >= 4 is 33.2 Å². The third-order valence-electron chi connectivity index (χ3n) is 7.06. The van der Waals surface area contributed by atoms with Gasteiger partial charge >= 0.3 is 5.69 Å². The van der Waals surface area contributed by atoms with E-state index >= 15 is 4.39 Å². The topological polar surface area (TPSA) is 69.4 Å². The summed E-state index contributed by atoms with van der Waals surface area (Å²) in [5, 5.41) is 0.553. The molecular formula is C28H30ClFN4O3S. The Hall–Kier alpha value is -3.01. The molecule has 1 fully saturated rings. The van der Waals surface area contributed by atoms with Gasteiger partial charge in [-0.3, -0.25) is 19.2 Å². The van der Waals surface area contributed by atoms with Gasteiger partial charge in [0.1, 0.15) is 18.0 Å². The second-order valence-corrected chi connectivity index (χ2v) is 11.6. The van der Waals surface area contributed by atoms with E-state index in [9.17, 15) is 9.59 Å². The molecule has 1 aromatic carbocycles. The maximum atomic E-state index is 15.2. The standard InChI is InChI=1S/C28H30ClFN4O3S/c1-16(2)33-10-6-24(22(30)15-33)37-26-17(3)11-18(29)12-21(26)20-5-8-31-23-13-19(38-27(20)23)14-34-25(35)7-9-32(4)28(34)36/h5,7-9,11-13,16,22,24H,6,10,14-15H2,1-4H3/t22-,24-/m0/s1. The summed E-state index contributed by atoms with van der Waals surface area (Å²) in [5.74, 6) is 0.607. The lowest BCUT2D eigenvalue weighted by atomic mass is 10.0. The molecule has 0 unspecified atom stereocenters. The number of alkyl halides is 1. The van der Waals surface area contributed by atoms with Gasteiger partial charge in [0.15, 0.2) is 0 Å². The van der Waals surface area contributed by atoms with Crippen LogP contribution in [0, 0.1) is 6.92 Å². The van der Waals surface area contributed by atoms with E-state index in [0.29, 0.717) is 23.7 Å². The molecule has 1 aliphatic rings. The van der Waals surface area contributed by atoms with Gasteiger partial charge in [-0.05, 0) is 57.0 Å². The maximum Gasteiger partial charge on any atom is 0.331 e. The zero-order valence-corrected chi connectivity index (χ0v) is 23.4. The average Bonchev–Trinajstić information content (AvgIpc) is 3.29. The van der Waals surface area contributed by atoms with Gasteiger partial charge in [0.2, 0.25) is 0 Å². The number of thiophene rings is 1. The second-order valence-electron chi connectivity index (χ2n) is 10.1. The van der Waals surface area contributed by atoms with Gasteiger partial charge in [-0.15, -0.1) is 11.3 Å². The molecule has 10 heteroatoms. The zero-order valence-electron chi connectivity index (χ0n) is 21.8. The molecule has 1 aliphatic heterocycles. The highest BCUT2D eigenvalue weighted by atomic mass is 35.5. The van der Waals surface area contributed by atoms with Gasteiger partial charge in [0.25, 0.3) is 5.56 Å². The van der Waals surface area contributed by atoms with E-state index in [1.807, 2.05) is 31.2 Å². The van der Waals surface area contributed by atoms with E-state index in [0.717, 1.165) is 38.3 Å². The van der Waals surface area contributed by atoms with Gasteiger partial charge in [-0.1, -0.05) is 11.6 Å². The van der Waals surface area contributed by atoms with Crippen molar-refractivity contribution in [3.05, 3.63) is 79.0 Å². The number of likely N-dealkylation sites (tertiary alicyclic amines) is 1. The number of hydrogen-bond acceptors (Lipinski definition) is 6. The van der Waals surface area contributed by atoms with E-state index in [-0.39, 0.29) is 23.8 Å². The second kappa shape index (κ2) is 10.6. The number of ether oxygens (including phenoxy) is 1. The third-order valence-corrected chi connectivity index (χ3v) is 8.42. The lowest BCUT2D eigenvalue weighted by Crippen LogP contribution is -2.49. The minimum absolute atomic E-state index is 0.142. The number of aryl methyl sites for hydroxylation is 2. The van der Waals surface area contributed by atoms with Crippen LogP contribution in [-0.2, 0) is 13.6 Å². The first kappa shape index (κ1) is 26.6. The van der Waals surface area contributed by atoms with Crippen LogP contribution in [0.15, 0.2) is 52.3 Å². The molecule has 3 aromatic heterocycles. The Balaban J connectivity index is 1.54. The smallest absolute Gasteiger partial charge is 0.331 e. The summed E-state index contributed by atoms with van der Waals surface area (Å²) in [6, 6.07) is 9.11. The van der Waals surface area contributed by atoms with Crippen LogP contribution < -0.4 is 16.0 Å². The minimum atomic E-state index is -1.10. The zero-order chi connectivity index (χ0) is 27.1. The first-order chi connectivity index (χ1) is 18.1. The molecule has 0 aliphatic carbocycles. The highest BCUT2D eigenvalue weighted by molar-refractivity contribution is 7.19. The number of benzene rings is 1. The Labute approximate surface area is 229 Å². The molecule has 0 saturated carbocycles. The van der Waals surface area contributed by atoms with Crippen LogP contribution in [-0.4, -0.2) is 50.4 Å². The molecule has 7 nitrogen and oxygen atoms in total. The minimum Gasteiger partial charge on any atom is -0.486 e. The van der Waals surface area contributed by atoms with Crippen LogP contribution >= 0.6 is 22.9 Å². The van der Waals surface area contributed by atoms with Crippen molar-refractivity contribution < 1.29 is 9.13 Å². The Morgan fingerprint density at radius 1 is 1.21 bits per heavy atom. The molecule has 38 heavy (non-hydrogen) atoms. The number of hydrogen-bond donors (Lipinski definition) is 0. The Morgan fingerprint density at radius 2 is 2.00 bits per heavy atom. The normalized spacial score (nSPS) is 18.4. The summed E-state index contributed by atoms with van der Waals surface area (Å²) in [7, 11) is 1.61. The van der Waals surface area contributed by atoms with Crippen molar-refractivity contribution in [3.8, 4) is 16.9 Å². The van der Waals surface area contributed by atoms with Crippen LogP contribution in [0.4, 0.5) is 4.39 Å². The molecule has 200 valence electrons. The SMILES string of the molecule is Cc1cc(Cl)cc(-c2ccnc3cc(Cn4c(=O)ccn(C)c4=O)sc23)c1O[C@H]1CCN(C(C)C)C[C@@H]1F. The average molecular weight is 557 g/mol. The first-order valence-electron chi connectivity index (χ1n) is 12.6. The molecule has 4 aromatic rings. The van der Waals surface area contributed by atoms with E-state index in [1.165, 1.54) is 32.7 Å². The maximum absolute atomic E-state index is 15.2. The molecule has 0 bridgehead atoms. The molecule has 0 amide bonds. The number of pyridine rings is 1. The number of piperidine rings is 1. The van der Waals surface area contributed by atoms with E-state index in [4.69, 9.17) is 16.3 Å². The van der Waals surface area contributed by atoms with Crippen LogP contribution in [0.25, 0.3) is 21.3 Å². The van der Waals surface area contributed by atoms with Crippen molar-refractivity contribution in [2.75, 3.05) is 13.1 Å². The van der Waals surface area contributed by atoms with Gasteiger partial charge in [0, 0.05) is 65.7 Å². The molecular weight excluding hydrogens is 527 g/mol. The highest BCUT2D eigenvalue weighted by Gasteiger charge is 2.33. The van der Waals surface area contributed by atoms with E-state index < -0.39 is 12.3 Å². The van der Waals surface area contributed by atoms with Gasteiger partial charge in [-0.2, -0.15) is 0 Å². The Bertz CT molecular complexity index is 1610. The lowest BCUT2D eigenvalue weighted by molar-refractivity contribution is 0.0110. The van der Waals surface area contributed by atoms with Crippen LogP contribution in [0.1, 0.15) is 30.7 Å². The summed E-state index contributed by atoms with van der Waals surface area (Å²) < 4.78 is 25.0. The molecule has 5 rings (SSSR count). The monoisotopic (exact) mass is 556 g/mol. The van der Waals surface area contributed by atoms with E-state index in [2.05, 4.69) is 23.7 Å². The molecule has 0 N–H and O–H groups in total. The number of aromatic nitrogens is 3. The predicted molar refractivity (Wildman–Crippen MR) is 150 cm³/mol. The summed E-state index contributed by atoms with van der Waals surface area (Å²) in [6.45, 7) is 7.32. The highest BCUT2D eigenvalue weighted by Crippen LogP contribution is 2.42. The summed E-state index contributed by atoms with van der Waals surface area (Å²) >= 11 is 7.94. The summed E-state index contributed by atoms with van der Waals surface area (Å²) in [6.07, 6.45) is 2.11. The van der Waals surface area contributed by atoms with Gasteiger partial charge in [0.05, 0.1) is 16.8 Å². The van der Waals surface area contributed by atoms with Crippen LogP contribution in [0.3, 0.4) is 0 Å². The van der Waals surface area contributed by atoms with Gasteiger partial charge < -0.3 is 9.30 Å². The largest absolute Gasteiger partial charge is 0.486 e. The summed E-state index contributed by atoms with van der Waals surface area (Å²) in [4.78, 5) is 32.4. The van der Waals surface area contributed by atoms with Crippen molar-refractivity contribution in [2.24, 2.45) is 7.05 Å². The van der Waals surface area contributed by atoms with Crippen molar-refractivity contribution in [2.45, 2.75) is 52.1 Å². The summed E-state index contributed by atoms with van der Waals surface area (Å²) in [5.41, 5.74) is 2.45. The Morgan fingerprint density at radius 3 is 2.74 bits per heavy atom. The molecule has 4 heterocycles. The molecule has 0 spiro atoms. The fourth-order valence-electron chi connectivity index (χ4n) is 4.94. The van der Waals surface area contributed by atoms with Crippen LogP contribution in [0.5, 0.6) is 5.75 Å². The third kappa shape index (κ3) is 5.15. The lowest BCUT2D eigenvalue weighted by Gasteiger charge is -2.37. The number of fused-ring (bicyclic) bond motifs is 1. The van der Waals surface area contributed by atoms with Crippen molar-refractivity contribution in [1.29, 1.82) is 0 Å². The van der Waals surface area contributed by atoms with E-state index in [1.54, 1.807) is 13.2 Å². The fourth-order valence-corrected chi connectivity index (χ4v) is 6.34. The van der Waals surface area contributed by atoms with Crippen molar-refractivity contribution in [3.63, 3.8) is 0 Å². The van der Waals surface area contributed by atoms with Crippen molar-refractivity contribution in [1.82, 2.24) is 19.0 Å².